The minimum atomic E-state index is -1.01. The highest BCUT2D eigenvalue weighted by molar-refractivity contribution is 7.18. The number of carbonyl (C=O) groups is 2. The first-order valence-corrected chi connectivity index (χ1v) is 6.23. The third kappa shape index (κ3) is 3.81. The highest BCUT2D eigenvalue weighted by atomic mass is 32.1. The molecule has 2 rings (SSSR count). The number of rotatable bonds is 5. The van der Waals surface area contributed by atoms with Crippen LogP contribution < -0.4 is 5.32 Å². The number of nitrogens with one attached hydrogen (secondary N) is 1. The number of nitrogens with zero attached hydrogens (tertiary/aromatic N) is 3. The first kappa shape index (κ1) is 13.1. The number of aliphatic carboxylic acids is 1. The van der Waals surface area contributed by atoms with E-state index in [1.54, 1.807) is 18.3 Å². The number of amides is 1. The number of hydrogen-bond donors (Lipinski definition) is 2. The summed E-state index contributed by atoms with van der Waals surface area (Å²) in [5.41, 5.74) is 0.672. The summed E-state index contributed by atoms with van der Waals surface area (Å²) in [5.74, 6) is -1.41. The topological polar surface area (TPSA) is 105 Å². The highest BCUT2D eigenvalue weighted by Crippen LogP contribution is 2.24. The molecule has 0 saturated carbocycles. The van der Waals surface area contributed by atoms with Crippen LogP contribution in [0.1, 0.15) is 12.8 Å². The van der Waals surface area contributed by atoms with Gasteiger partial charge in [-0.2, -0.15) is 0 Å². The Bertz CT molecular complexity index is 585. The molecule has 2 aromatic rings. The molecule has 19 heavy (non-hydrogen) atoms. The van der Waals surface area contributed by atoms with E-state index in [0.29, 0.717) is 15.8 Å². The Morgan fingerprint density at radius 2 is 2.11 bits per heavy atom. The van der Waals surface area contributed by atoms with Gasteiger partial charge in [-0.15, -0.1) is 10.2 Å². The summed E-state index contributed by atoms with van der Waals surface area (Å²) in [7, 11) is 0. The van der Waals surface area contributed by atoms with Crippen LogP contribution in [0.4, 0.5) is 5.13 Å². The lowest BCUT2D eigenvalue weighted by Crippen LogP contribution is -2.12. The van der Waals surface area contributed by atoms with E-state index in [1.165, 1.54) is 11.3 Å². The van der Waals surface area contributed by atoms with Gasteiger partial charge in [-0.05, 0) is 12.1 Å². The van der Waals surface area contributed by atoms with Crippen molar-refractivity contribution >= 4 is 28.3 Å². The average molecular weight is 278 g/mol. The lowest BCUT2D eigenvalue weighted by atomic mass is 10.3. The molecule has 98 valence electrons. The standard InChI is InChI=1S/C11H10N4O3S/c16-8(4-5-9(17)18)13-11-15-14-10(19-11)7-3-1-2-6-12-7/h1-3,6H,4-5H2,(H,17,18)(H,13,15,16). The summed E-state index contributed by atoms with van der Waals surface area (Å²) in [6.45, 7) is 0. The average Bonchev–Trinajstić information content (AvgIpc) is 2.86. The van der Waals surface area contributed by atoms with Crippen molar-refractivity contribution in [2.45, 2.75) is 12.8 Å². The van der Waals surface area contributed by atoms with Crippen LogP contribution in [-0.2, 0) is 9.59 Å². The third-order valence-corrected chi connectivity index (χ3v) is 2.98. The largest absolute Gasteiger partial charge is 0.481 e. The van der Waals surface area contributed by atoms with Crippen molar-refractivity contribution in [2.75, 3.05) is 5.32 Å². The number of pyridine rings is 1. The lowest BCUT2D eigenvalue weighted by Gasteiger charge is -1.97. The summed E-state index contributed by atoms with van der Waals surface area (Å²) in [4.78, 5) is 25.9. The molecule has 7 nitrogen and oxygen atoms in total. The molecule has 0 atom stereocenters. The van der Waals surface area contributed by atoms with Gasteiger partial charge in [0.15, 0.2) is 5.01 Å². The van der Waals surface area contributed by atoms with Gasteiger partial charge in [-0.25, -0.2) is 0 Å². The zero-order valence-electron chi connectivity index (χ0n) is 9.74. The molecule has 0 unspecified atom stereocenters. The van der Waals surface area contributed by atoms with Gasteiger partial charge < -0.3 is 10.4 Å². The van der Waals surface area contributed by atoms with Crippen LogP contribution >= 0.6 is 11.3 Å². The fraction of sp³-hybridized carbons (Fsp3) is 0.182. The van der Waals surface area contributed by atoms with E-state index in [-0.39, 0.29) is 12.8 Å². The normalized spacial score (nSPS) is 10.1. The summed E-state index contributed by atoms with van der Waals surface area (Å²) < 4.78 is 0. The van der Waals surface area contributed by atoms with Gasteiger partial charge in [0, 0.05) is 12.6 Å². The smallest absolute Gasteiger partial charge is 0.303 e. The van der Waals surface area contributed by atoms with Crippen LogP contribution in [-0.4, -0.2) is 32.2 Å². The van der Waals surface area contributed by atoms with Crippen molar-refractivity contribution in [3.8, 4) is 10.7 Å². The number of carboxylic acids is 1. The molecule has 0 aliphatic rings. The van der Waals surface area contributed by atoms with Crippen LogP contribution in [0, 0.1) is 0 Å². The van der Waals surface area contributed by atoms with E-state index >= 15 is 0 Å². The van der Waals surface area contributed by atoms with E-state index < -0.39 is 11.9 Å². The number of anilines is 1. The second kappa shape index (κ2) is 6.01. The van der Waals surface area contributed by atoms with Crippen molar-refractivity contribution in [3.05, 3.63) is 24.4 Å². The van der Waals surface area contributed by atoms with Crippen molar-refractivity contribution in [1.82, 2.24) is 15.2 Å². The van der Waals surface area contributed by atoms with Gasteiger partial charge in [0.25, 0.3) is 0 Å². The minimum absolute atomic E-state index is 0.0895. The Labute approximate surface area is 112 Å². The van der Waals surface area contributed by atoms with Crippen molar-refractivity contribution in [2.24, 2.45) is 0 Å². The number of hydrogen-bond acceptors (Lipinski definition) is 6. The van der Waals surface area contributed by atoms with E-state index in [0.717, 1.165) is 0 Å². The molecule has 0 aromatic carbocycles. The molecule has 0 aliphatic carbocycles. The maximum Gasteiger partial charge on any atom is 0.303 e. The molecular formula is C11H10N4O3S. The molecule has 2 heterocycles. The van der Waals surface area contributed by atoms with Crippen LogP contribution in [0.2, 0.25) is 0 Å². The molecule has 8 heteroatoms. The van der Waals surface area contributed by atoms with Gasteiger partial charge in [0.1, 0.15) is 5.69 Å². The zero-order valence-corrected chi connectivity index (χ0v) is 10.6. The number of carboxylic acid groups (broad SMARTS) is 1. The van der Waals surface area contributed by atoms with E-state index in [9.17, 15) is 9.59 Å². The fourth-order valence-corrected chi connectivity index (χ4v) is 2.01. The third-order valence-electron chi connectivity index (χ3n) is 2.12. The SMILES string of the molecule is O=C(O)CCC(=O)Nc1nnc(-c2ccccn2)s1. The summed E-state index contributed by atoms with van der Waals surface area (Å²) in [6.07, 6.45) is 1.34. The molecule has 0 saturated heterocycles. The maximum atomic E-state index is 11.4. The fourth-order valence-electron chi connectivity index (χ4n) is 1.27. The molecular weight excluding hydrogens is 268 g/mol. The summed E-state index contributed by atoms with van der Waals surface area (Å²) in [6, 6.07) is 5.41. The molecule has 0 bridgehead atoms. The van der Waals surface area contributed by atoms with Crippen LogP contribution in [0.15, 0.2) is 24.4 Å². The molecule has 0 radical (unpaired) electrons. The van der Waals surface area contributed by atoms with Gasteiger partial charge in [-0.1, -0.05) is 17.4 Å². The first-order chi connectivity index (χ1) is 9.15. The maximum absolute atomic E-state index is 11.4. The molecule has 2 aromatic heterocycles. The Balaban J connectivity index is 1.98. The van der Waals surface area contributed by atoms with E-state index in [1.807, 2.05) is 6.07 Å². The van der Waals surface area contributed by atoms with Gasteiger partial charge >= 0.3 is 5.97 Å². The van der Waals surface area contributed by atoms with Gasteiger partial charge in [0.2, 0.25) is 11.0 Å². The summed E-state index contributed by atoms with van der Waals surface area (Å²) in [5, 5.41) is 19.6. The molecule has 2 N–H and O–H groups in total. The second-order valence-electron chi connectivity index (χ2n) is 3.57. The molecule has 1 amide bonds. The van der Waals surface area contributed by atoms with Gasteiger partial charge in [-0.3, -0.25) is 14.6 Å². The lowest BCUT2D eigenvalue weighted by molar-refractivity contribution is -0.138. The Morgan fingerprint density at radius 1 is 1.26 bits per heavy atom. The van der Waals surface area contributed by atoms with Crippen molar-refractivity contribution in [3.63, 3.8) is 0 Å². The van der Waals surface area contributed by atoms with E-state index in [4.69, 9.17) is 5.11 Å². The Hall–Kier alpha value is -2.35. The quantitative estimate of drug-likeness (QED) is 0.856. The predicted molar refractivity (Wildman–Crippen MR) is 68.6 cm³/mol. The minimum Gasteiger partial charge on any atom is -0.481 e. The van der Waals surface area contributed by atoms with Crippen LogP contribution in [0.5, 0.6) is 0 Å². The monoisotopic (exact) mass is 278 g/mol. The Morgan fingerprint density at radius 3 is 2.79 bits per heavy atom. The molecule has 0 spiro atoms. The van der Waals surface area contributed by atoms with Crippen molar-refractivity contribution in [1.29, 1.82) is 0 Å². The highest BCUT2D eigenvalue weighted by Gasteiger charge is 2.11. The summed E-state index contributed by atoms with van der Waals surface area (Å²) >= 11 is 1.18. The van der Waals surface area contributed by atoms with Crippen molar-refractivity contribution < 1.29 is 14.7 Å². The number of aromatic nitrogens is 3. The Kier molecular flexibility index (Phi) is 4.14. The van der Waals surface area contributed by atoms with Gasteiger partial charge in [0.05, 0.1) is 6.42 Å². The molecule has 0 aliphatic heterocycles. The first-order valence-electron chi connectivity index (χ1n) is 5.41. The number of carbonyl (C=O) groups excluding carboxylic acids is 1. The van der Waals surface area contributed by atoms with E-state index in [2.05, 4.69) is 20.5 Å². The zero-order chi connectivity index (χ0) is 13.7. The molecule has 0 fully saturated rings. The second-order valence-corrected chi connectivity index (χ2v) is 4.55. The predicted octanol–water partition coefficient (Wildman–Crippen LogP) is 1.40. The van der Waals surface area contributed by atoms with Crippen LogP contribution in [0.3, 0.4) is 0 Å². The van der Waals surface area contributed by atoms with Crippen LogP contribution in [0.25, 0.3) is 10.7 Å².